The van der Waals surface area contributed by atoms with E-state index in [0.717, 1.165) is 3.57 Å². The minimum Gasteiger partial charge on any atom is -0.387 e. The number of benzene rings is 2. The van der Waals surface area contributed by atoms with Gasteiger partial charge in [-0.05, 0) is 52.9 Å². The fraction of sp³-hybridized carbons (Fsp3) is 0.0769. The van der Waals surface area contributed by atoms with Crippen LogP contribution < -0.4 is 10.0 Å². The molecule has 2 N–H and O–H groups in total. The lowest BCUT2D eigenvalue weighted by molar-refractivity contribution is 0.601. The molecule has 0 saturated heterocycles. The van der Waals surface area contributed by atoms with Crippen molar-refractivity contribution in [3.05, 3.63) is 51.1 Å². The first-order chi connectivity index (χ1) is 9.44. The number of hydrogen-bond donors (Lipinski definition) is 2. The summed E-state index contributed by atoms with van der Waals surface area (Å²) in [5.41, 5.74) is 1.05. The second kappa shape index (κ2) is 6.19. The van der Waals surface area contributed by atoms with Crippen LogP contribution in [0.1, 0.15) is 0 Å². The predicted molar refractivity (Wildman–Crippen MR) is 91.0 cm³/mol. The van der Waals surface area contributed by atoms with Gasteiger partial charge >= 0.3 is 0 Å². The smallest absolute Gasteiger partial charge is 0.263 e. The molecule has 0 aliphatic rings. The van der Waals surface area contributed by atoms with Gasteiger partial charge in [0.15, 0.2) is 0 Å². The van der Waals surface area contributed by atoms with Crippen LogP contribution in [0.2, 0.25) is 5.02 Å². The zero-order valence-corrected chi connectivity index (χ0v) is 14.3. The zero-order chi connectivity index (χ0) is 14.8. The average Bonchev–Trinajstić information content (AvgIpc) is 2.42. The molecule has 2 aromatic carbocycles. The van der Waals surface area contributed by atoms with Gasteiger partial charge in [-0.2, -0.15) is 0 Å². The van der Waals surface area contributed by atoms with Gasteiger partial charge in [0.25, 0.3) is 10.0 Å². The van der Waals surface area contributed by atoms with Crippen LogP contribution in [0, 0.1) is 3.57 Å². The number of anilines is 2. The molecule has 4 nitrogen and oxygen atoms in total. The van der Waals surface area contributed by atoms with E-state index in [1.807, 2.05) is 22.6 Å². The first-order valence-corrected chi connectivity index (χ1v) is 8.62. The summed E-state index contributed by atoms with van der Waals surface area (Å²) in [4.78, 5) is 0.202. The van der Waals surface area contributed by atoms with E-state index in [9.17, 15) is 8.42 Å². The topological polar surface area (TPSA) is 58.2 Å². The van der Waals surface area contributed by atoms with Crippen molar-refractivity contribution in [1.29, 1.82) is 0 Å². The number of sulfonamides is 1. The second-order valence-electron chi connectivity index (χ2n) is 3.98. The molecule has 7 heteroatoms. The molecule has 0 bridgehead atoms. The first-order valence-electron chi connectivity index (χ1n) is 5.68. The molecule has 0 spiro atoms. The summed E-state index contributed by atoms with van der Waals surface area (Å²) < 4.78 is 28.2. The molecule has 0 saturated carbocycles. The molecule has 0 amide bonds. The Kier molecular flexibility index (Phi) is 4.77. The van der Waals surface area contributed by atoms with Gasteiger partial charge in [0.1, 0.15) is 4.90 Å². The van der Waals surface area contributed by atoms with Gasteiger partial charge in [-0.15, -0.1) is 0 Å². The van der Waals surface area contributed by atoms with Crippen LogP contribution >= 0.6 is 34.2 Å². The number of para-hydroxylation sites is 1. The number of halogens is 2. The Labute approximate surface area is 136 Å². The Hall–Kier alpha value is -0.990. The maximum Gasteiger partial charge on any atom is 0.263 e. The molecule has 0 atom stereocenters. The molecule has 0 aliphatic carbocycles. The van der Waals surface area contributed by atoms with Gasteiger partial charge in [0, 0.05) is 15.6 Å². The van der Waals surface area contributed by atoms with Gasteiger partial charge < -0.3 is 5.32 Å². The first kappa shape index (κ1) is 15.4. The highest BCUT2D eigenvalue weighted by Gasteiger charge is 2.18. The third-order valence-electron chi connectivity index (χ3n) is 2.62. The van der Waals surface area contributed by atoms with Crippen LogP contribution in [0.15, 0.2) is 47.4 Å². The average molecular weight is 423 g/mol. The summed E-state index contributed by atoms with van der Waals surface area (Å²) in [7, 11) is -1.97. The minimum absolute atomic E-state index is 0.202. The van der Waals surface area contributed by atoms with Gasteiger partial charge in [0.2, 0.25) is 0 Å². The minimum atomic E-state index is -3.65. The molecule has 0 heterocycles. The van der Waals surface area contributed by atoms with Crippen molar-refractivity contribution in [2.75, 3.05) is 17.1 Å². The Morgan fingerprint density at radius 1 is 1.10 bits per heavy atom. The summed E-state index contributed by atoms with van der Waals surface area (Å²) in [6.45, 7) is 0. The largest absolute Gasteiger partial charge is 0.387 e. The fourth-order valence-electron chi connectivity index (χ4n) is 1.68. The molecule has 0 aromatic heterocycles. The Morgan fingerprint density at radius 3 is 2.45 bits per heavy atom. The molecule has 2 aromatic rings. The van der Waals surface area contributed by atoms with Crippen molar-refractivity contribution in [3.63, 3.8) is 0 Å². The summed E-state index contributed by atoms with van der Waals surface area (Å²) in [5.74, 6) is 0. The van der Waals surface area contributed by atoms with Crippen LogP contribution in [0.4, 0.5) is 11.4 Å². The van der Waals surface area contributed by atoms with E-state index in [1.165, 1.54) is 0 Å². The highest BCUT2D eigenvalue weighted by Crippen LogP contribution is 2.27. The lowest BCUT2D eigenvalue weighted by Crippen LogP contribution is -2.15. The number of nitrogens with one attached hydrogen (secondary N) is 2. The van der Waals surface area contributed by atoms with Crippen molar-refractivity contribution in [2.24, 2.45) is 0 Å². The van der Waals surface area contributed by atoms with E-state index in [-0.39, 0.29) is 4.90 Å². The van der Waals surface area contributed by atoms with Gasteiger partial charge in [0.05, 0.1) is 11.4 Å². The molecule has 0 fully saturated rings. The molecule has 20 heavy (non-hydrogen) atoms. The molecule has 2 rings (SSSR count). The zero-order valence-electron chi connectivity index (χ0n) is 10.5. The maximum absolute atomic E-state index is 12.4. The third-order valence-corrected chi connectivity index (χ3v) is 5.17. The molecule has 106 valence electrons. The molecule has 0 radical (unpaired) electrons. The van der Waals surface area contributed by atoms with E-state index in [2.05, 4.69) is 10.0 Å². The van der Waals surface area contributed by atoms with Crippen molar-refractivity contribution in [1.82, 2.24) is 0 Å². The lowest BCUT2D eigenvalue weighted by Gasteiger charge is -2.13. The van der Waals surface area contributed by atoms with Gasteiger partial charge in [-0.25, -0.2) is 8.42 Å². The van der Waals surface area contributed by atoms with Crippen molar-refractivity contribution in [2.45, 2.75) is 4.90 Å². The van der Waals surface area contributed by atoms with Crippen molar-refractivity contribution in [3.8, 4) is 0 Å². The third kappa shape index (κ3) is 3.36. The summed E-state index contributed by atoms with van der Waals surface area (Å²) in [6.07, 6.45) is 0. The molecule has 0 unspecified atom stereocenters. The van der Waals surface area contributed by atoms with Crippen LogP contribution in [-0.2, 0) is 10.0 Å². The van der Waals surface area contributed by atoms with Crippen LogP contribution in [0.3, 0.4) is 0 Å². The normalized spacial score (nSPS) is 11.2. The van der Waals surface area contributed by atoms with Crippen molar-refractivity contribution < 1.29 is 8.42 Å². The highest BCUT2D eigenvalue weighted by atomic mass is 127. The van der Waals surface area contributed by atoms with E-state index in [1.54, 1.807) is 49.5 Å². The Balaban J connectivity index is 2.41. The molecular formula is C13H12ClIN2O2S. The Bertz CT molecular complexity index is 735. The predicted octanol–water partition coefficient (Wildman–Crippen LogP) is 3.79. The standard InChI is InChI=1S/C13H12ClIN2O2S/c1-16-12-4-2-3-5-13(12)20(18,19)17-11-7-6-9(14)8-10(11)15/h2-8,16-17H,1H3. The lowest BCUT2D eigenvalue weighted by atomic mass is 10.3. The summed E-state index contributed by atoms with van der Waals surface area (Å²) in [5, 5.41) is 3.43. The highest BCUT2D eigenvalue weighted by molar-refractivity contribution is 14.1. The maximum atomic E-state index is 12.4. The Morgan fingerprint density at radius 2 is 1.80 bits per heavy atom. The monoisotopic (exact) mass is 422 g/mol. The quantitative estimate of drug-likeness (QED) is 0.737. The van der Waals surface area contributed by atoms with Gasteiger partial charge in [-0.3, -0.25) is 4.72 Å². The summed E-state index contributed by atoms with van der Waals surface area (Å²) >= 11 is 7.90. The fourth-order valence-corrected chi connectivity index (χ4v) is 4.16. The van der Waals surface area contributed by atoms with Crippen LogP contribution in [0.5, 0.6) is 0 Å². The van der Waals surface area contributed by atoms with Crippen molar-refractivity contribution >= 4 is 55.6 Å². The van der Waals surface area contributed by atoms with E-state index < -0.39 is 10.0 Å². The second-order valence-corrected chi connectivity index (χ2v) is 7.23. The number of rotatable bonds is 4. The molecule has 0 aliphatic heterocycles. The summed E-state index contributed by atoms with van der Waals surface area (Å²) in [6, 6.07) is 11.7. The number of hydrogen-bond acceptors (Lipinski definition) is 3. The van der Waals surface area contributed by atoms with E-state index in [4.69, 9.17) is 11.6 Å². The van der Waals surface area contributed by atoms with Gasteiger partial charge in [-0.1, -0.05) is 23.7 Å². The SMILES string of the molecule is CNc1ccccc1S(=O)(=O)Nc1ccc(Cl)cc1I. The van der Waals surface area contributed by atoms with E-state index in [0.29, 0.717) is 16.4 Å². The van der Waals surface area contributed by atoms with E-state index >= 15 is 0 Å². The van der Waals surface area contributed by atoms with Crippen LogP contribution in [-0.4, -0.2) is 15.5 Å². The van der Waals surface area contributed by atoms with Crippen LogP contribution in [0.25, 0.3) is 0 Å². The molecular weight excluding hydrogens is 411 g/mol.